The van der Waals surface area contributed by atoms with E-state index in [0.29, 0.717) is 6.42 Å². The van der Waals surface area contributed by atoms with Crippen LogP contribution in [0.3, 0.4) is 0 Å². The van der Waals surface area contributed by atoms with Gasteiger partial charge in [-0.05, 0) is 24.3 Å². The van der Waals surface area contributed by atoms with E-state index in [4.69, 9.17) is 9.47 Å². The molecule has 0 spiro atoms. The maximum absolute atomic E-state index is 13.1. The molecule has 7 nitrogen and oxygen atoms in total. The molecule has 2 amide bonds. The predicted molar refractivity (Wildman–Crippen MR) is 105 cm³/mol. The second kappa shape index (κ2) is 11.9. The molecule has 1 aromatic rings. The first-order valence-corrected chi connectivity index (χ1v) is 9.21. The third-order valence-corrected chi connectivity index (χ3v) is 4.17. The van der Waals surface area contributed by atoms with Crippen molar-refractivity contribution in [2.75, 3.05) is 26.9 Å². The Morgan fingerprint density at radius 1 is 1.14 bits per heavy atom. The number of benzene rings is 1. The number of carboxylic acids is 1. The summed E-state index contributed by atoms with van der Waals surface area (Å²) in [5, 5.41) is 9.31. The fraction of sp³-hybridized carbons (Fsp3) is 0.476. The lowest BCUT2D eigenvalue weighted by molar-refractivity contribution is -0.139. The number of carboxylic acid groups (broad SMARTS) is 1. The number of carbonyl (C=O) groups excluding carboxylic acids is 2. The van der Waals surface area contributed by atoms with Crippen molar-refractivity contribution >= 4 is 18.0 Å². The van der Waals surface area contributed by atoms with Gasteiger partial charge >= 0.3 is 12.1 Å². The first-order chi connectivity index (χ1) is 13.3. The molecular formula is C21H29NO6. The molecule has 1 unspecified atom stereocenters. The minimum Gasteiger partial charge on any atom is -0.478 e. The Morgan fingerprint density at radius 2 is 1.79 bits per heavy atom. The molecule has 1 aromatic carbocycles. The van der Waals surface area contributed by atoms with Crippen LogP contribution in [0.1, 0.15) is 25.8 Å². The molecule has 0 fully saturated rings. The van der Waals surface area contributed by atoms with Crippen LogP contribution in [0.5, 0.6) is 0 Å². The van der Waals surface area contributed by atoms with E-state index in [9.17, 15) is 19.5 Å². The minimum absolute atomic E-state index is 0.000819. The second-order valence-electron chi connectivity index (χ2n) is 6.85. The third kappa shape index (κ3) is 7.52. The van der Waals surface area contributed by atoms with Crippen LogP contribution in [0.15, 0.2) is 42.5 Å². The minimum atomic E-state index is -1.25. The van der Waals surface area contributed by atoms with E-state index in [1.165, 1.54) is 7.11 Å². The van der Waals surface area contributed by atoms with Crippen molar-refractivity contribution in [3.63, 3.8) is 0 Å². The van der Waals surface area contributed by atoms with Gasteiger partial charge in [0.15, 0.2) is 0 Å². The van der Waals surface area contributed by atoms with Crippen LogP contribution in [0.2, 0.25) is 0 Å². The van der Waals surface area contributed by atoms with Crippen LogP contribution >= 0.6 is 0 Å². The number of nitrogens with zero attached hydrogens (tertiary/aromatic N) is 1. The molecule has 1 atom stereocenters. The zero-order chi connectivity index (χ0) is 21.1. The summed E-state index contributed by atoms with van der Waals surface area (Å²) in [4.78, 5) is 38.0. The molecule has 1 rings (SSSR count). The molecule has 0 aromatic heterocycles. The number of hydrogen-bond acceptors (Lipinski definition) is 5. The average Bonchev–Trinajstić information content (AvgIpc) is 2.66. The van der Waals surface area contributed by atoms with Crippen molar-refractivity contribution in [2.24, 2.45) is 11.8 Å². The molecule has 1 N–H and O–H groups in total. The molecule has 0 saturated carbocycles. The summed E-state index contributed by atoms with van der Waals surface area (Å²) in [5.74, 6) is -2.82. The summed E-state index contributed by atoms with van der Waals surface area (Å²) in [6, 6.07) is 9.39. The van der Waals surface area contributed by atoms with Crippen LogP contribution < -0.4 is 0 Å². The molecule has 0 aliphatic heterocycles. The van der Waals surface area contributed by atoms with E-state index >= 15 is 0 Å². The van der Waals surface area contributed by atoms with E-state index in [0.717, 1.165) is 10.5 Å². The van der Waals surface area contributed by atoms with Gasteiger partial charge in [-0.3, -0.25) is 4.79 Å². The quantitative estimate of drug-likeness (QED) is 0.460. The second-order valence-corrected chi connectivity index (χ2v) is 6.85. The summed E-state index contributed by atoms with van der Waals surface area (Å²) in [6.07, 6.45) is -0.109. The van der Waals surface area contributed by atoms with Gasteiger partial charge in [0.2, 0.25) is 5.91 Å². The molecular weight excluding hydrogens is 362 g/mol. The predicted octanol–water partition coefficient (Wildman–Crippen LogP) is 3.14. The topological polar surface area (TPSA) is 93.1 Å². The normalized spacial score (nSPS) is 11.7. The Kier molecular flexibility index (Phi) is 9.95. The van der Waals surface area contributed by atoms with E-state index in [1.54, 1.807) is 0 Å². The molecule has 0 heterocycles. The molecule has 28 heavy (non-hydrogen) atoms. The largest absolute Gasteiger partial charge is 0.478 e. The summed E-state index contributed by atoms with van der Waals surface area (Å²) in [6.45, 7) is 7.57. The molecule has 0 aliphatic rings. The number of hydrogen-bond donors (Lipinski definition) is 1. The van der Waals surface area contributed by atoms with Crippen LogP contribution in [-0.2, 0) is 25.5 Å². The molecule has 0 saturated heterocycles. The van der Waals surface area contributed by atoms with Crippen molar-refractivity contribution in [3.8, 4) is 0 Å². The van der Waals surface area contributed by atoms with Crippen LogP contribution in [0, 0.1) is 11.8 Å². The van der Waals surface area contributed by atoms with Gasteiger partial charge in [0.05, 0.1) is 12.5 Å². The van der Waals surface area contributed by atoms with Crippen molar-refractivity contribution in [2.45, 2.75) is 26.7 Å². The molecule has 0 aliphatic carbocycles. The van der Waals surface area contributed by atoms with Gasteiger partial charge in [-0.2, -0.15) is 0 Å². The Morgan fingerprint density at radius 3 is 2.32 bits per heavy atom. The van der Waals surface area contributed by atoms with E-state index in [2.05, 4.69) is 6.58 Å². The number of rotatable bonds is 11. The Balaban J connectivity index is 3.03. The Bertz CT molecular complexity index is 671. The van der Waals surface area contributed by atoms with Crippen molar-refractivity contribution in [3.05, 3.63) is 48.0 Å². The highest BCUT2D eigenvalue weighted by Gasteiger charge is 2.34. The molecule has 7 heteroatoms. The standard InChI is InChI=1S/C21H29NO6/c1-15(2)14-18(16(3)20(24)25)19(23)22(21(26)28-13-12-27-4)11-10-17-8-6-5-7-9-17/h5-9,15,18H,3,10-14H2,1-2,4H3,(H,24,25). The first kappa shape index (κ1) is 23.4. The van der Waals surface area contributed by atoms with Gasteiger partial charge in [-0.15, -0.1) is 0 Å². The van der Waals surface area contributed by atoms with Crippen molar-refractivity contribution < 1.29 is 29.0 Å². The Labute approximate surface area is 165 Å². The first-order valence-electron chi connectivity index (χ1n) is 9.21. The fourth-order valence-electron chi connectivity index (χ4n) is 2.67. The summed E-state index contributed by atoms with van der Waals surface area (Å²) in [5.41, 5.74) is 0.718. The molecule has 154 valence electrons. The van der Waals surface area contributed by atoms with E-state index in [-0.39, 0.29) is 37.7 Å². The van der Waals surface area contributed by atoms with Crippen molar-refractivity contribution in [1.29, 1.82) is 0 Å². The van der Waals surface area contributed by atoms with Gasteiger partial charge in [0, 0.05) is 19.2 Å². The van der Waals surface area contributed by atoms with Gasteiger partial charge in [0.1, 0.15) is 6.61 Å². The molecule has 0 bridgehead atoms. The fourth-order valence-corrected chi connectivity index (χ4v) is 2.67. The maximum Gasteiger partial charge on any atom is 0.416 e. The lowest BCUT2D eigenvalue weighted by Gasteiger charge is -2.26. The number of amides is 2. The van der Waals surface area contributed by atoms with Crippen molar-refractivity contribution in [1.82, 2.24) is 4.90 Å². The third-order valence-electron chi connectivity index (χ3n) is 4.17. The highest BCUT2D eigenvalue weighted by atomic mass is 16.6. The van der Waals surface area contributed by atoms with Crippen LogP contribution in [0.4, 0.5) is 4.79 Å². The van der Waals surface area contributed by atoms with E-state index in [1.807, 2.05) is 44.2 Å². The van der Waals surface area contributed by atoms with Gasteiger partial charge in [-0.25, -0.2) is 14.5 Å². The number of carbonyl (C=O) groups is 3. The monoisotopic (exact) mass is 391 g/mol. The summed E-state index contributed by atoms with van der Waals surface area (Å²) >= 11 is 0. The lowest BCUT2D eigenvalue weighted by Crippen LogP contribution is -2.44. The number of methoxy groups -OCH3 is 1. The average molecular weight is 391 g/mol. The highest BCUT2D eigenvalue weighted by molar-refractivity contribution is 6.00. The van der Waals surface area contributed by atoms with Crippen LogP contribution in [-0.4, -0.2) is 54.8 Å². The SMILES string of the molecule is C=C(C(=O)O)C(CC(C)C)C(=O)N(CCc1ccccc1)C(=O)OCCOC. The number of ether oxygens (including phenoxy) is 2. The summed E-state index contributed by atoms with van der Waals surface area (Å²) < 4.78 is 9.97. The molecule has 0 radical (unpaired) electrons. The highest BCUT2D eigenvalue weighted by Crippen LogP contribution is 2.23. The number of aliphatic carboxylic acids is 1. The Hall–Kier alpha value is -2.67. The van der Waals surface area contributed by atoms with Crippen LogP contribution in [0.25, 0.3) is 0 Å². The zero-order valence-corrected chi connectivity index (χ0v) is 16.7. The zero-order valence-electron chi connectivity index (χ0n) is 16.7. The lowest BCUT2D eigenvalue weighted by atomic mass is 9.89. The summed E-state index contributed by atoms with van der Waals surface area (Å²) in [7, 11) is 1.47. The van der Waals surface area contributed by atoms with Gasteiger partial charge in [0.25, 0.3) is 0 Å². The van der Waals surface area contributed by atoms with Gasteiger partial charge < -0.3 is 14.6 Å². The maximum atomic E-state index is 13.1. The van der Waals surface area contributed by atoms with E-state index < -0.39 is 23.9 Å². The smallest absolute Gasteiger partial charge is 0.416 e. The number of imide groups is 1. The van der Waals surface area contributed by atoms with Gasteiger partial charge in [-0.1, -0.05) is 50.8 Å².